The highest BCUT2D eigenvalue weighted by atomic mass is 32.2. The van der Waals surface area contributed by atoms with Crippen LogP contribution in [0.1, 0.15) is 5.69 Å². The summed E-state index contributed by atoms with van der Waals surface area (Å²) in [5, 5.41) is 20.5. The largest absolute Gasteiger partial charge is 0.256 e. The summed E-state index contributed by atoms with van der Waals surface area (Å²) >= 11 is 0. The molecular weight excluding hydrogens is 361 g/mol. The van der Waals surface area contributed by atoms with Crippen LogP contribution in [0.25, 0.3) is 11.4 Å². The van der Waals surface area contributed by atoms with Crippen molar-refractivity contribution < 1.29 is 12.8 Å². The monoisotopic (exact) mass is 373 g/mol. The van der Waals surface area contributed by atoms with Gasteiger partial charge in [-0.25, -0.2) is 12.8 Å². The van der Waals surface area contributed by atoms with Crippen molar-refractivity contribution in [3.8, 4) is 17.5 Å². The Morgan fingerprint density at radius 1 is 1.19 bits per heavy atom. The first kappa shape index (κ1) is 17.6. The third kappa shape index (κ3) is 4.05. The van der Waals surface area contributed by atoms with Gasteiger partial charge in [0.2, 0.25) is 15.8 Å². The molecule has 0 unspecified atom stereocenters. The normalized spacial score (nSPS) is 11.2. The number of aromatic nitrogens is 5. The van der Waals surface area contributed by atoms with Gasteiger partial charge in [0, 0.05) is 5.56 Å². The summed E-state index contributed by atoms with van der Waals surface area (Å²) in [5.74, 6) is -0.124. The number of nitrogens with zero attached hydrogens (tertiary/aromatic N) is 6. The number of pyridine rings is 1. The van der Waals surface area contributed by atoms with E-state index in [9.17, 15) is 12.8 Å². The summed E-state index contributed by atoms with van der Waals surface area (Å²) in [5.41, 5.74) is 1.14. The van der Waals surface area contributed by atoms with Crippen LogP contribution in [-0.4, -0.2) is 40.2 Å². The van der Waals surface area contributed by atoms with Crippen molar-refractivity contribution in [2.24, 2.45) is 0 Å². The van der Waals surface area contributed by atoms with Gasteiger partial charge in [0.25, 0.3) is 0 Å². The lowest BCUT2D eigenvalue weighted by atomic mass is 10.2. The molecule has 0 saturated heterocycles. The van der Waals surface area contributed by atoms with Crippen LogP contribution in [0.3, 0.4) is 0 Å². The van der Waals surface area contributed by atoms with Gasteiger partial charge < -0.3 is 0 Å². The molecule has 0 radical (unpaired) electrons. The van der Waals surface area contributed by atoms with Gasteiger partial charge in [-0.15, -0.1) is 10.2 Å². The first-order valence-electron chi connectivity index (χ1n) is 7.33. The first-order chi connectivity index (χ1) is 12.5. The van der Waals surface area contributed by atoms with Crippen molar-refractivity contribution in [2.45, 2.75) is 11.4 Å². The minimum absolute atomic E-state index is 0.0272. The average molecular weight is 373 g/mol. The number of nitriles is 1. The van der Waals surface area contributed by atoms with E-state index in [1.165, 1.54) is 29.1 Å². The molecular formula is C15H12FN7O2S. The van der Waals surface area contributed by atoms with Gasteiger partial charge in [-0.1, -0.05) is 0 Å². The van der Waals surface area contributed by atoms with E-state index in [4.69, 9.17) is 5.26 Å². The van der Waals surface area contributed by atoms with Crippen molar-refractivity contribution in [3.63, 3.8) is 0 Å². The Hall–Kier alpha value is -3.23. The zero-order valence-corrected chi connectivity index (χ0v) is 14.1. The maximum absolute atomic E-state index is 12.9. The van der Waals surface area contributed by atoms with Gasteiger partial charge in [-0.3, -0.25) is 4.98 Å². The summed E-state index contributed by atoms with van der Waals surface area (Å²) in [7, 11) is -3.73. The van der Waals surface area contributed by atoms with E-state index < -0.39 is 15.8 Å². The minimum Gasteiger partial charge on any atom is -0.256 e. The molecule has 2 aromatic heterocycles. The van der Waals surface area contributed by atoms with Crippen molar-refractivity contribution >= 4 is 10.0 Å². The molecule has 0 amide bonds. The highest BCUT2D eigenvalue weighted by Gasteiger charge is 2.14. The van der Waals surface area contributed by atoms with Gasteiger partial charge in [0.05, 0.1) is 29.4 Å². The molecule has 0 spiro atoms. The number of sulfonamides is 1. The van der Waals surface area contributed by atoms with Crippen LogP contribution in [0.15, 0.2) is 47.5 Å². The number of rotatable bonds is 6. The Morgan fingerprint density at radius 3 is 2.62 bits per heavy atom. The zero-order valence-electron chi connectivity index (χ0n) is 13.2. The Labute approximate surface area is 148 Å². The van der Waals surface area contributed by atoms with Gasteiger partial charge in [0.1, 0.15) is 12.4 Å². The summed E-state index contributed by atoms with van der Waals surface area (Å²) in [6.45, 7) is -0.0881. The van der Waals surface area contributed by atoms with Gasteiger partial charge in [-0.2, -0.15) is 14.8 Å². The third-order valence-corrected chi connectivity index (χ3v) is 4.73. The molecule has 3 rings (SSSR count). The summed E-state index contributed by atoms with van der Waals surface area (Å²) in [6.07, 6.45) is 1.10. The average Bonchev–Trinajstić information content (AvgIpc) is 3.11. The standard InChI is InChI=1S/C15H12FN7O2S/c16-12-3-4-13(18-9-12)10-23-21-15(20-22-23)11-1-5-14(6-2-11)26(24,25)19-8-7-17/h1-6,9,19H,8,10H2. The van der Waals surface area contributed by atoms with Crippen LogP contribution in [-0.2, 0) is 16.6 Å². The predicted molar refractivity (Wildman–Crippen MR) is 87.4 cm³/mol. The molecule has 26 heavy (non-hydrogen) atoms. The second-order valence-corrected chi connectivity index (χ2v) is 6.89. The Morgan fingerprint density at radius 2 is 1.96 bits per heavy atom. The molecule has 0 saturated carbocycles. The number of nitrogens with one attached hydrogen (secondary N) is 1. The fourth-order valence-corrected chi connectivity index (χ4v) is 2.98. The number of halogens is 1. The van der Waals surface area contributed by atoms with E-state index in [-0.39, 0.29) is 18.0 Å². The zero-order chi connectivity index (χ0) is 18.6. The van der Waals surface area contributed by atoms with Crippen LogP contribution in [0, 0.1) is 17.1 Å². The quantitative estimate of drug-likeness (QED) is 0.631. The van der Waals surface area contributed by atoms with E-state index in [1.54, 1.807) is 18.2 Å². The smallest absolute Gasteiger partial charge is 0.241 e. The van der Waals surface area contributed by atoms with Crippen molar-refractivity contribution in [2.75, 3.05) is 6.54 Å². The lowest BCUT2D eigenvalue weighted by molar-refractivity contribution is 0.559. The fourth-order valence-electron chi connectivity index (χ4n) is 2.06. The maximum atomic E-state index is 12.9. The molecule has 9 nitrogen and oxygen atoms in total. The van der Waals surface area contributed by atoms with Crippen LogP contribution in [0.4, 0.5) is 4.39 Å². The van der Waals surface area contributed by atoms with Gasteiger partial charge >= 0.3 is 0 Å². The Kier molecular flexibility index (Phi) is 4.97. The summed E-state index contributed by atoms with van der Waals surface area (Å²) in [4.78, 5) is 5.25. The SMILES string of the molecule is N#CCNS(=O)(=O)c1ccc(-c2nnn(Cc3ccc(F)cn3)n2)cc1. The van der Waals surface area contributed by atoms with Crippen LogP contribution in [0.5, 0.6) is 0 Å². The molecule has 1 aromatic carbocycles. The molecule has 0 aliphatic rings. The van der Waals surface area contributed by atoms with E-state index in [0.29, 0.717) is 17.1 Å². The van der Waals surface area contributed by atoms with Crippen molar-refractivity contribution in [3.05, 3.63) is 54.1 Å². The van der Waals surface area contributed by atoms with Gasteiger partial charge in [-0.05, 0) is 41.6 Å². The van der Waals surface area contributed by atoms with E-state index in [0.717, 1.165) is 6.20 Å². The molecule has 1 N–H and O–H groups in total. The molecule has 132 valence electrons. The molecule has 0 bridgehead atoms. The topological polar surface area (TPSA) is 126 Å². The van der Waals surface area contributed by atoms with E-state index in [1.807, 2.05) is 0 Å². The molecule has 0 aliphatic carbocycles. The first-order valence-corrected chi connectivity index (χ1v) is 8.81. The van der Waals surface area contributed by atoms with Gasteiger partial charge in [0.15, 0.2) is 0 Å². The maximum Gasteiger partial charge on any atom is 0.241 e. The van der Waals surface area contributed by atoms with Crippen LogP contribution < -0.4 is 4.72 Å². The number of tetrazole rings is 1. The summed E-state index contributed by atoms with van der Waals surface area (Å²) in [6, 6.07) is 10.4. The Balaban J connectivity index is 1.75. The summed E-state index contributed by atoms with van der Waals surface area (Å²) < 4.78 is 38.9. The van der Waals surface area contributed by atoms with E-state index in [2.05, 4.69) is 25.1 Å². The van der Waals surface area contributed by atoms with Crippen molar-refractivity contribution in [1.29, 1.82) is 5.26 Å². The van der Waals surface area contributed by atoms with Crippen LogP contribution >= 0.6 is 0 Å². The highest BCUT2D eigenvalue weighted by molar-refractivity contribution is 7.89. The number of hydrogen-bond donors (Lipinski definition) is 1. The minimum atomic E-state index is -3.73. The lowest BCUT2D eigenvalue weighted by Crippen LogP contribution is -2.23. The Bertz CT molecular complexity index is 1040. The molecule has 0 aliphatic heterocycles. The number of benzene rings is 1. The second kappa shape index (κ2) is 7.34. The second-order valence-electron chi connectivity index (χ2n) is 5.12. The van der Waals surface area contributed by atoms with Crippen molar-refractivity contribution in [1.82, 2.24) is 29.9 Å². The number of hydrogen-bond acceptors (Lipinski definition) is 7. The predicted octanol–water partition coefficient (Wildman–Crippen LogP) is 0.724. The van der Waals surface area contributed by atoms with Crippen LogP contribution in [0.2, 0.25) is 0 Å². The molecule has 3 aromatic rings. The fraction of sp³-hybridized carbons (Fsp3) is 0.133. The van der Waals surface area contributed by atoms with E-state index >= 15 is 0 Å². The molecule has 0 fully saturated rings. The molecule has 2 heterocycles. The molecule has 11 heteroatoms. The molecule has 0 atom stereocenters. The lowest BCUT2D eigenvalue weighted by Gasteiger charge is -2.03. The highest BCUT2D eigenvalue weighted by Crippen LogP contribution is 2.17. The third-order valence-electron chi connectivity index (χ3n) is 3.31.